The summed E-state index contributed by atoms with van der Waals surface area (Å²) in [5.74, 6) is -11.3. The number of ketones is 5. The molecule has 0 saturated carbocycles. The highest BCUT2D eigenvalue weighted by Gasteiger charge is 2.37. The van der Waals surface area contributed by atoms with Crippen molar-refractivity contribution in [3.8, 4) is 5.75 Å². The van der Waals surface area contributed by atoms with Crippen molar-refractivity contribution >= 4 is 70.4 Å². The second-order valence-corrected chi connectivity index (χ2v) is 29.5. The lowest BCUT2D eigenvalue weighted by molar-refractivity contribution is -0.136. The highest BCUT2D eigenvalue weighted by atomic mass is 16.3. The average molecular weight is 1470 g/mol. The minimum atomic E-state index is -1.29. The van der Waals surface area contributed by atoms with E-state index in [4.69, 9.17) is 22.9 Å². The number of benzene rings is 2. The van der Waals surface area contributed by atoms with Crippen molar-refractivity contribution in [3.05, 3.63) is 83.9 Å². The molecular formula is C79H127N13O13. The number of aliphatic hydroxyl groups is 2. The number of aliphatic imine (C=N–C) groups is 2. The molecular weight excluding hydrogens is 1340 g/mol. The summed E-state index contributed by atoms with van der Waals surface area (Å²) in [6, 6.07) is 9.35. The number of carbonyl (C=O) groups is 10. The van der Waals surface area contributed by atoms with Crippen molar-refractivity contribution in [1.82, 2.24) is 36.6 Å². The molecule has 11 atom stereocenters. The average Bonchev–Trinajstić information content (AvgIpc) is 1.11. The second-order valence-electron chi connectivity index (χ2n) is 29.5. The fourth-order valence-electron chi connectivity index (χ4n) is 12.8. The van der Waals surface area contributed by atoms with Gasteiger partial charge in [-0.3, -0.25) is 57.9 Å². The Labute approximate surface area is 622 Å². The van der Waals surface area contributed by atoms with Crippen molar-refractivity contribution in [1.29, 1.82) is 0 Å². The topological polar surface area (TPSA) is 449 Å². The van der Waals surface area contributed by atoms with E-state index in [0.717, 1.165) is 25.7 Å². The van der Waals surface area contributed by atoms with Gasteiger partial charge in [0.05, 0.1) is 55.2 Å². The molecule has 586 valence electrons. The van der Waals surface area contributed by atoms with E-state index < -0.39 is 144 Å². The molecule has 0 spiro atoms. The maximum Gasteiger partial charge on any atom is 0.226 e. The standard InChI is InChI=1S/C79H127N13O13/c1-9-10-11-12-13-14-15-16-17-18-19-20-24-30-65(96)42-59(38-51(2)3)74(102)89-54(7)69(97)44-61(40-57-32-34-64(95)35-33-57)76(104)91-67(41-56-27-22-21-23-28-56)71(99)43-58(29-25-36-85-78(80)81)73(101)90-66(31-26-37-86-79(82)83)70(98)45-60(39-52(4)5)75(103)92-68(47-63-48-84-50-87-63)72(100)46-62(49-93)77(105)88-53(6)55(8)94/h21-23,27-28,32-35,48,50-55,58-62,66-68,93-95H,9-20,24-26,29-31,36-47,49H2,1-8H3,(H,84,87)(H,88,105)(H,89,102)(H,90,101)(H,91,104)(H,92,103)(H4,80,81,85)(H4,82,83,86)/t53-,54+,55-,58-,59-,60-,61-,62+,66+,67+,68+/m1/s1. The summed E-state index contributed by atoms with van der Waals surface area (Å²) in [7, 11) is 0. The number of aliphatic hydroxyl groups excluding tert-OH is 2. The van der Waals surface area contributed by atoms with E-state index >= 15 is 14.4 Å². The number of guanidine groups is 2. The fraction of sp³-hybridized carbons (Fsp3) is 0.658. The van der Waals surface area contributed by atoms with Crippen molar-refractivity contribution < 1.29 is 63.3 Å². The summed E-state index contributed by atoms with van der Waals surface area (Å²) in [6.45, 7) is 13.8. The van der Waals surface area contributed by atoms with Gasteiger partial charge in [-0.15, -0.1) is 0 Å². The van der Waals surface area contributed by atoms with Gasteiger partial charge in [-0.25, -0.2) is 4.98 Å². The maximum absolute atomic E-state index is 15.2. The largest absolute Gasteiger partial charge is 0.508 e. The number of aromatic amines is 1. The van der Waals surface area contributed by atoms with Gasteiger partial charge in [-0.1, -0.05) is 154 Å². The van der Waals surface area contributed by atoms with Gasteiger partial charge < -0.3 is 69.8 Å². The van der Waals surface area contributed by atoms with Gasteiger partial charge in [0, 0.05) is 93.6 Å². The third-order valence-corrected chi connectivity index (χ3v) is 19.1. The van der Waals surface area contributed by atoms with Crippen LogP contribution in [0.15, 0.2) is 77.1 Å². The number of unbranched alkanes of at least 4 members (excludes halogenated alkanes) is 12. The first-order valence-corrected chi connectivity index (χ1v) is 38.3. The van der Waals surface area contributed by atoms with Crippen molar-refractivity contribution in [3.63, 3.8) is 0 Å². The van der Waals surface area contributed by atoms with Crippen LogP contribution in [0.3, 0.4) is 0 Å². The number of nitrogens with zero attached hydrogens (tertiary/aromatic N) is 3. The number of nitrogens with two attached hydrogens (primary N) is 4. The third-order valence-electron chi connectivity index (χ3n) is 19.1. The van der Waals surface area contributed by atoms with E-state index in [2.05, 4.69) is 53.5 Å². The zero-order chi connectivity index (χ0) is 77.8. The number of aromatic hydroxyl groups is 1. The molecule has 0 unspecified atom stereocenters. The van der Waals surface area contributed by atoms with Crippen LogP contribution in [0, 0.1) is 41.4 Å². The lowest BCUT2D eigenvalue weighted by Crippen LogP contribution is -2.50. The molecule has 17 N–H and O–H groups in total. The van der Waals surface area contributed by atoms with Gasteiger partial charge in [0.1, 0.15) is 11.5 Å². The van der Waals surface area contributed by atoms with Gasteiger partial charge >= 0.3 is 0 Å². The first-order chi connectivity index (χ1) is 50.0. The van der Waals surface area contributed by atoms with Crippen LogP contribution in [-0.2, 0) is 67.2 Å². The van der Waals surface area contributed by atoms with Crippen molar-refractivity contribution in [2.75, 3.05) is 19.7 Å². The van der Waals surface area contributed by atoms with Crippen LogP contribution in [0.2, 0.25) is 0 Å². The second kappa shape index (κ2) is 50.9. The highest BCUT2D eigenvalue weighted by molar-refractivity contribution is 5.98. The summed E-state index contributed by atoms with van der Waals surface area (Å²) >= 11 is 0. The molecule has 0 aliphatic carbocycles. The van der Waals surface area contributed by atoms with Crippen LogP contribution in [0.1, 0.15) is 233 Å². The molecule has 0 saturated heterocycles. The number of nitrogens with one attached hydrogen (secondary N) is 6. The lowest BCUT2D eigenvalue weighted by Gasteiger charge is -2.27. The number of imidazole rings is 1. The first-order valence-electron chi connectivity index (χ1n) is 38.3. The predicted octanol–water partition coefficient (Wildman–Crippen LogP) is 7.54. The van der Waals surface area contributed by atoms with Crippen LogP contribution >= 0.6 is 0 Å². The highest BCUT2D eigenvalue weighted by Crippen LogP contribution is 2.25. The third kappa shape index (κ3) is 38.5. The molecule has 0 bridgehead atoms. The molecule has 1 aromatic heterocycles. The summed E-state index contributed by atoms with van der Waals surface area (Å²) in [5.41, 5.74) is 24.4. The molecule has 0 aliphatic rings. The molecule has 3 aromatic rings. The summed E-state index contributed by atoms with van der Waals surface area (Å²) in [4.78, 5) is 159. The van der Waals surface area contributed by atoms with Crippen LogP contribution in [0.25, 0.3) is 0 Å². The molecule has 5 amide bonds. The van der Waals surface area contributed by atoms with Gasteiger partial charge in [0.2, 0.25) is 29.5 Å². The zero-order valence-corrected chi connectivity index (χ0v) is 63.9. The number of phenolic OH excluding ortho intramolecular Hbond substituents is 1. The van der Waals surface area contributed by atoms with Gasteiger partial charge in [0.15, 0.2) is 35.1 Å². The quantitative estimate of drug-likeness (QED) is 0.0147. The Morgan fingerprint density at radius 3 is 1.45 bits per heavy atom. The number of hydrogen-bond donors (Lipinski definition) is 13. The Bertz CT molecular complexity index is 3150. The molecule has 0 aliphatic heterocycles. The zero-order valence-electron chi connectivity index (χ0n) is 63.9. The Hall–Kier alpha value is -8.39. The van der Waals surface area contributed by atoms with Crippen LogP contribution < -0.4 is 49.5 Å². The first kappa shape index (κ1) is 90.8. The smallest absolute Gasteiger partial charge is 0.226 e. The minimum Gasteiger partial charge on any atom is -0.508 e. The van der Waals surface area contributed by atoms with Gasteiger partial charge in [-0.2, -0.15) is 0 Å². The number of H-pyrrole nitrogens is 1. The fourth-order valence-corrected chi connectivity index (χ4v) is 12.8. The number of rotatable bonds is 58. The lowest BCUT2D eigenvalue weighted by atomic mass is 9.87. The Morgan fingerprint density at radius 1 is 0.476 bits per heavy atom. The SMILES string of the molecule is CCCCCCCCCCCCCCCC(=O)C[C@@H](CC(C)C)C(=O)N[C@@H](C)C(=O)C[C@@H](Cc1ccc(O)cc1)C(=O)N[C@@H](Cc1ccccc1)C(=O)C[C@@H](CCCN=C(N)N)C(=O)N[C@@H](CCCN=C(N)N)C(=O)C[C@@H](CC(C)C)C(=O)N[C@@H](Cc1cnc[nH]1)C(=O)C[C@@H](CO)C(=O)N[C@H](C)[C@@H](C)O. The van der Waals surface area contributed by atoms with Crippen molar-refractivity contribution in [2.24, 2.45) is 74.3 Å². The summed E-state index contributed by atoms with van der Waals surface area (Å²) < 4.78 is 0. The number of phenols is 1. The predicted molar refractivity (Wildman–Crippen MR) is 409 cm³/mol. The van der Waals surface area contributed by atoms with E-state index in [9.17, 15) is 48.9 Å². The van der Waals surface area contributed by atoms with Crippen LogP contribution in [-0.4, -0.2) is 152 Å². The van der Waals surface area contributed by atoms with E-state index in [-0.39, 0.29) is 113 Å². The van der Waals surface area contributed by atoms with E-state index in [1.807, 2.05) is 27.7 Å². The minimum absolute atomic E-state index is 0.00499. The molecule has 2 aromatic carbocycles. The monoisotopic (exact) mass is 1470 g/mol. The molecule has 3 rings (SSSR count). The van der Waals surface area contributed by atoms with E-state index in [1.54, 1.807) is 49.4 Å². The van der Waals surface area contributed by atoms with Crippen LogP contribution in [0.5, 0.6) is 5.75 Å². The van der Waals surface area contributed by atoms with Crippen molar-refractivity contribution in [2.45, 2.75) is 271 Å². The molecule has 105 heavy (non-hydrogen) atoms. The molecule has 1 heterocycles. The summed E-state index contributed by atoms with van der Waals surface area (Å²) in [5, 5.41) is 44.6. The van der Waals surface area contributed by atoms with E-state index in [1.165, 1.54) is 96.3 Å². The number of hydrogen-bond acceptors (Lipinski definition) is 16. The van der Waals surface area contributed by atoms with Crippen LogP contribution in [0.4, 0.5) is 0 Å². The Morgan fingerprint density at radius 2 is 0.924 bits per heavy atom. The summed E-state index contributed by atoms with van der Waals surface area (Å²) in [6.07, 6.45) is 16.6. The molecule has 26 heteroatoms. The molecule has 26 nitrogen and oxygen atoms in total. The number of carbonyl (C=O) groups excluding carboxylic acids is 10. The number of amides is 5. The number of aromatic nitrogens is 2. The van der Waals surface area contributed by atoms with Gasteiger partial charge in [-0.05, 0) is 114 Å². The number of Topliss-reactive ketones (excluding diaryl/α,β-unsaturated/α-hetero) is 5. The molecule has 0 radical (unpaired) electrons. The Balaban J connectivity index is 1.95. The van der Waals surface area contributed by atoms with E-state index in [0.29, 0.717) is 29.7 Å². The Kier molecular flexibility index (Phi) is 44.1. The van der Waals surface area contributed by atoms with Gasteiger partial charge in [0.25, 0.3) is 0 Å². The maximum atomic E-state index is 15.2. The normalized spacial score (nSPS) is 14.6. The molecule has 0 fully saturated rings.